The fraction of sp³-hybridized carbons (Fsp3) is 0.269. The van der Waals surface area contributed by atoms with Gasteiger partial charge in [0.1, 0.15) is 17.5 Å². The van der Waals surface area contributed by atoms with Crippen LogP contribution in [0.5, 0.6) is 11.5 Å². The molecule has 1 amide bonds. The number of aryl methyl sites for hydroxylation is 1. The van der Waals surface area contributed by atoms with Crippen molar-refractivity contribution in [2.24, 2.45) is 0 Å². The summed E-state index contributed by atoms with van der Waals surface area (Å²) in [6.45, 7) is 6.56. The number of sulfonamides is 1. The van der Waals surface area contributed by atoms with Crippen LogP contribution < -0.4 is 19.5 Å². The van der Waals surface area contributed by atoms with Gasteiger partial charge in [-0.3, -0.25) is 4.79 Å². The summed E-state index contributed by atoms with van der Waals surface area (Å²) in [4.78, 5) is 13.2. The minimum absolute atomic E-state index is 0.0698. The van der Waals surface area contributed by atoms with E-state index >= 15 is 0 Å². The number of amides is 1. The van der Waals surface area contributed by atoms with Gasteiger partial charge in [0.15, 0.2) is 0 Å². The average Bonchev–Trinajstić information content (AvgIpc) is 2.82. The molecule has 3 aromatic rings. The predicted molar refractivity (Wildman–Crippen MR) is 133 cm³/mol. The molecule has 3 rings (SSSR count). The second-order valence-electron chi connectivity index (χ2n) is 7.67. The van der Waals surface area contributed by atoms with Gasteiger partial charge >= 0.3 is 0 Å². The normalized spacial score (nSPS) is 12.1. The van der Waals surface area contributed by atoms with Crippen LogP contribution >= 0.6 is 0 Å². The molecule has 0 saturated carbocycles. The van der Waals surface area contributed by atoms with E-state index in [2.05, 4.69) is 10.0 Å². The van der Waals surface area contributed by atoms with Gasteiger partial charge in [0.2, 0.25) is 15.9 Å². The highest BCUT2D eigenvalue weighted by Gasteiger charge is 2.27. The van der Waals surface area contributed by atoms with Gasteiger partial charge in [-0.05, 0) is 80.8 Å². The third-order valence-electron chi connectivity index (χ3n) is 5.09. The summed E-state index contributed by atoms with van der Waals surface area (Å²) in [5, 5.41) is 2.80. The molecule has 0 heterocycles. The van der Waals surface area contributed by atoms with Gasteiger partial charge in [-0.15, -0.1) is 0 Å². The Balaban J connectivity index is 1.83. The molecule has 0 bridgehead atoms. The van der Waals surface area contributed by atoms with E-state index in [1.54, 1.807) is 37.3 Å². The lowest BCUT2D eigenvalue weighted by Gasteiger charge is -2.19. The summed E-state index contributed by atoms with van der Waals surface area (Å²) in [6, 6.07) is 19.8. The first-order valence-corrected chi connectivity index (χ1v) is 12.6. The monoisotopic (exact) mass is 482 g/mol. The number of anilines is 1. The van der Waals surface area contributed by atoms with Crippen LogP contribution in [0.3, 0.4) is 0 Å². The summed E-state index contributed by atoms with van der Waals surface area (Å²) in [5.74, 6) is 0.850. The first kappa shape index (κ1) is 25.3. The Kier molecular flexibility index (Phi) is 8.67. The molecule has 1 atom stereocenters. The molecule has 0 aliphatic rings. The van der Waals surface area contributed by atoms with Crippen LogP contribution in [0.4, 0.5) is 5.69 Å². The molecule has 0 aromatic heterocycles. The van der Waals surface area contributed by atoms with Crippen molar-refractivity contribution in [2.45, 2.75) is 38.1 Å². The minimum atomic E-state index is -3.97. The van der Waals surface area contributed by atoms with Crippen LogP contribution in [0.2, 0.25) is 0 Å². The van der Waals surface area contributed by atoms with Gasteiger partial charge < -0.3 is 14.8 Å². The summed E-state index contributed by atoms with van der Waals surface area (Å²) < 4.78 is 39.9. The molecular formula is C26H30N2O5S. The molecule has 34 heavy (non-hydrogen) atoms. The van der Waals surface area contributed by atoms with E-state index < -0.39 is 22.0 Å². The molecule has 2 N–H and O–H groups in total. The van der Waals surface area contributed by atoms with E-state index in [1.165, 1.54) is 12.1 Å². The zero-order chi connectivity index (χ0) is 24.6. The molecule has 0 unspecified atom stereocenters. The number of benzene rings is 3. The van der Waals surface area contributed by atoms with Crippen LogP contribution in [0, 0.1) is 6.92 Å². The maximum absolute atomic E-state index is 13.2. The van der Waals surface area contributed by atoms with Gasteiger partial charge in [0, 0.05) is 5.69 Å². The van der Waals surface area contributed by atoms with E-state index in [0.717, 1.165) is 5.56 Å². The Morgan fingerprint density at radius 1 is 0.912 bits per heavy atom. The van der Waals surface area contributed by atoms with Crippen molar-refractivity contribution in [3.63, 3.8) is 0 Å². The molecule has 180 valence electrons. The molecule has 0 fully saturated rings. The Morgan fingerprint density at radius 3 is 2.21 bits per heavy atom. The lowest BCUT2D eigenvalue weighted by molar-refractivity contribution is -0.117. The second-order valence-corrected chi connectivity index (χ2v) is 9.38. The van der Waals surface area contributed by atoms with Crippen LogP contribution in [0.25, 0.3) is 0 Å². The molecule has 7 nitrogen and oxygen atoms in total. The summed E-state index contributed by atoms with van der Waals surface area (Å²) in [6.07, 6.45) is 0.193. The van der Waals surface area contributed by atoms with E-state index in [1.807, 2.05) is 44.2 Å². The summed E-state index contributed by atoms with van der Waals surface area (Å²) in [7, 11) is -3.97. The zero-order valence-electron chi connectivity index (χ0n) is 19.6. The molecule has 0 aliphatic carbocycles. The zero-order valence-corrected chi connectivity index (χ0v) is 20.4. The Morgan fingerprint density at radius 2 is 1.59 bits per heavy atom. The summed E-state index contributed by atoms with van der Waals surface area (Å²) >= 11 is 0. The molecule has 0 aliphatic heterocycles. The number of rotatable bonds is 11. The van der Waals surface area contributed by atoms with Crippen LogP contribution in [0.15, 0.2) is 77.7 Å². The minimum Gasteiger partial charge on any atom is -0.494 e. The first-order chi connectivity index (χ1) is 16.3. The van der Waals surface area contributed by atoms with Gasteiger partial charge in [0.05, 0.1) is 18.1 Å². The largest absolute Gasteiger partial charge is 0.494 e. The lowest BCUT2D eigenvalue weighted by Crippen LogP contribution is -2.45. The fourth-order valence-electron chi connectivity index (χ4n) is 3.43. The van der Waals surface area contributed by atoms with Crippen molar-refractivity contribution in [1.29, 1.82) is 0 Å². The predicted octanol–water partition coefficient (Wildman–Crippen LogP) is 4.32. The first-order valence-electron chi connectivity index (χ1n) is 11.2. The van der Waals surface area contributed by atoms with Crippen molar-refractivity contribution in [3.8, 4) is 11.5 Å². The third kappa shape index (κ3) is 6.82. The number of ether oxygens (including phenoxy) is 2. The number of carbonyl (C=O) groups excluding carboxylic acids is 1. The Hall–Kier alpha value is -3.36. The van der Waals surface area contributed by atoms with Gasteiger partial charge in [-0.2, -0.15) is 4.72 Å². The van der Waals surface area contributed by atoms with E-state index in [4.69, 9.17) is 9.47 Å². The van der Waals surface area contributed by atoms with Crippen molar-refractivity contribution in [2.75, 3.05) is 18.5 Å². The van der Waals surface area contributed by atoms with Crippen molar-refractivity contribution < 1.29 is 22.7 Å². The van der Waals surface area contributed by atoms with E-state index in [9.17, 15) is 13.2 Å². The molecule has 8 heteroatoms. The standard InChI is InChI=1S/C26H30N2O5S/c1-4-32-22-13-11-21(12-14-22)27-26(29)24(18-20-9-7-6-8-10-20)28-34(30,31)23-15-16-25(33-5-2)19(3)17-23/h6-17,24,28H,4-5,18H2,1-3H3,(H,27,29)/t24-/m1/s1. The van der Waals surface area contributed by atoms with Crippen LogP contribution in [-0.4, -0.2) is 33.6 Å². The average molecular weight is 483 g/mol. The number of hydrogen-bond acceptors (Lipinski definition) is 5. The van der Waals surface area contributed by atoms with Crippen molar-refractivity contribution in [1.82, 2.24) is 4.72 Å². The fourth-order valence-corrected chi connectivity index (χ4v) is 4.71. The highest BCUT2D eigenvalue weighted by molar-refractivity contribution is 7.89. The van der Waals surface area contributed by atoms with Crippen molar-refractivity contribution in [3.05, 3.63) is 83.9 Å². The highest BCUT2D eigenvalue weighted by atomic mass is 32.2. The van der Waals surface area contributed by atoms with Crippen LogP contribution in [0.1, 0.15) is 25.0 Å². The van der Waals surface area contributed by atoms with Gasteiger partial charge in [0.25, 0.3) is 0 Å². The number of nitrogens with one attached hydrogen (secondary N) is 2. The molecular weight excluding hydrogens is 452 g/mol. The quantitative estimate of drug-likeness (QED) is 0.425. The maximum Gasteiger partial charge on any atom is 0.242 e. The van der Waals surface area contributed by atoms with E-state index in [-0.39, 0.29) is 11.3 Å². The number of carbonyl (C=O) groups is 1. The summed E-state index contributed by atoms with van der Waals surface area (Å²) in [5.41, 5.74) is 2.07. The number of hydrogen-bond donors (Lipinski definition) is 2. The van der Waals surface area contributed by atoms with E-state index in [0.29, 0.717) is 36.0 Å². The second kappa shape index (κ2) is 11.7. The molecule has 0 saturated heterocycles. The maximum atomic E-state index is 13.2. The molecule has 0 spiro atoms. The lowest BCUT2D eigenvalue weighted by atomic mass is 10.1. The molecule has 0 radical (unpaired) electrons. The van der Waals surface area contributed by atoms with Gasteiger partial charge in [-0.1, -0.05) is 30.3 Å². The highest BCUT2D eigenvalue weighted by Crippen LogP contribution is 2.22. The van der Waals surface area contributed by atoms with Crippen molar-refractivity contribution >= 4 is 21.6 Å². The smallest absolute Gasteiger partial charge is 0.242 e. The Bertz CT molecular complexity index is 1200. The molecule has 3 aromatic carbocycles. The third-order valence-corrected chi connectivity index (χ3v) is 6.56. The van der Waals surface area contributed by atoms with Gasteiger partial charge in [-0.25, -0.2) is 8.42 Å². The van der Waals surface area contributed by atoms with Crippen LogP contribution in [-0.2, 0) is 21.2 Å². The topological polar surface area (TPSA) is 93.7 Å². The SMILES string of the molecule is CCOc1ccc(NC(=O)[C@@H](Cc2ccccc2)NS(=O)(=O)c2ccc(OCC)c(C)c2)cc1. The Labute approximate surface area is 201 Å².